The summed E-state index contributed by atoms with van der Waals surface area (Å²) in [6.45, 7) is 8.83. The predicted molar refractivity (Wildman–Crippen MR) is 122 cm³/mol. The number of carbonyl (C=O) groups is 1. The average molecular weight is 451 g/mol. The molecule has 0 aliphatic heterocycles. The van der Waals surface area contributed by atoms with Crippen molar-refractivity contribution in [1.29, 1.82) is 0 Å². The Morgan fingerprint density at radius 3 is 1.93 bits per heavy atom. The quantitative estimate of drug-likeness (QED) is 0.633. The van der Waals surface area contributed by atoms with Gasteiger partial charge in [0.25, 0.3) is 10.0 Å². The first-order valence-electron chi connectivity index (χ1n) is 10.0. The number of rotatable bonds is 8. The van der Waals surface area contributed by atoms with Gasteiger partial charge in [-0.3, -0.25) is 4.79 Å². The Morgan fingerprint density at radius 2 is 1.50 bits per heavy atom. The zero-order valence-corrected chi connectivity index (χ0v) is 20.1. The van der Waals surface area contributed by atoms with Gasteiger partial charge in [0.15, 0.2) is 0 Å². The fourth-order valence-corrected chi connectivity index (χ4v) is 4.68. The van der Waals surface area contributed by atoms with E-state index in [0.29, 0.717) is 11.6 Å². The molecule has 0 spiro atoms. The van der Waals surface area contributed by atoms with E-state index in [9.17, 15) is 13.2 Å². The van der Waals surface area contributed by atoms with Gasteiger partial charge in [0, 0.05) is 11.6 Å². The first kappa shape index (κ1) is 24.4. The molecule has 0 unspecified atom stereocenters. The van der Waals surface area contributed by atoms with Crippen molar-refractivity contribution in [3.05, 3.63) is 63.7 Å². The van der Waals surface area contributed by atoms with Crippen LogP contribution in [0.1, 0.15) is 61.8 Å². The number of carbonyl (C=O) groups excluding carboxylic acids is 1. The molecule has 2 aromatic carbocycles. The highest BCUT2D eigenvalue weighted by Gasteiger charge is 2.22. The van der Waals surface area contributed by atoms with Crippen molar-refractivity contribution in [2.75, 3.05) is 14.1 Å². The maximum Gasteiger partial charge on any atom is 0.264 e. The fourth-order valence-electron chi connectivity index (χ4n) is 3.46. The van der Waals surface area contributed by atoms with Crippen molar-refractivity contribution in [1.82, 2.24) is 9.62 Å². The van der Waals surface area contributed by atoms with E-state index >= 15 is 0 Å². The Morgan fingerprint density at radius 1 is 1.00 bits per heavy atom. The largest absolute Gasteiger partial charge is 0.305 e. The number of halogens is 1. The molecular weight excluding hydrogens is 420 g/mol. The number of benzene rings is 2. The monoisotopic (exact) mass is 450 g/mol. The summed E-state index contributed by atoms with van der Waals surface area (Å²) in [6.07, 6.45) is -0.0177. The highest BCUT2D eigenvalue weighted by atomic mass is 35.5. The van der Waals surface area contributed by atoms with Crippen LogP contribution >= 0.6 is 11.6 Å². The van der Waals surface area contributed by atoms with Crippen molar-refractivity contribution < 1.29 is 13.2 Å². The third-order valence-corrected chi connectivity index (χ3v) is 6.45. The molecule has 30 heavy (non-hydrogen) atoms. The number of hydrogen-bond acceptors (Lipinski definition) is 4. The van der Waals surface area contributed by atoms with Gasteiger partial charge in [-0.15, -0.1) is 0 Å². The first-order valence-corrected chi connectivity index (χ1v) is 11.9. The predicted octanol–water partition coefficient (Wildman–Crippen LogP) is 4.70. The summed E-state index contributed by atoms with van der Waals surface area (Å²) in [5, 5.41) is 0.622. The summed E-state index contributed by atoms with van der Waals surface area (Å²) in [5.41, 5.74) is 3.77. The van der Waals surface area contributed by atoms with Crippen LogP contribution in [0.25, 0.3) is 0 Å². The summed E-state index contributed by atoms with van der Waals surface area (Å²) < 4.78 is 27.6. The Kier molecular flexibility index (Phi) is 8.08. The van der Waals surface area contributed by atoms with E-state index in [4.69, 9.17) is 11.6 Å². The molecule has 0 saturated heterocycles. The second kappa shape index (κ2) is 9.94. The molecule has 0 bridgehead atoms. The molecule has 1 amide bonds. The van der Waals surface area contributed by atoms with Gasteiger partial charge in [-0.1, -0.05) is 51.4 Å². The highest BCUT2D eigenvalue weighted by Crippen LogP contribution is 2.31. The minimum atomic E-state index is -3.94. The first-order chi connectivity index (χ1) is 13.9. The fraction of sp³-hybridized carbons (Fsp3) is 0.435. The van der Waals surface area contributed by atoms with Gasteiger partial charge in [-0.05, 0) is 72.5 Å². The van der Waals surface area contributed by atoms with Crippen LogP contribution in [-0.2, 0) is 27.8 Å². The Balaban J connectivity index is 2.26. The van der Waals surface area contributed by atoms with Crippen molar-refractivity contribution in [3.63, 3.8) is 0 Å². The van der Waals surface area contributed by atoms with E-state index in [1.54, 1.807) is 12.1 Å². The van der Waals surface area contributed by atoms with Crippen LogP contribution in [0.4, 0.5) is 0 Å². The zero-order chi connectivity index (χ0) is 22.6. The number of hydrogen-bond donors (Lipinski definition) is 1. The van der Waals surface area contributed by atoms with Crippen molar-refractivity contribution >= 4 is 27.5 Å². The summed E-state index contributed by atoms with van der Waals surface area (Å²) in [4.78, 5) is 14.8. The SMILES string of the molecule is CC(C)c1cc(Cl)cc(C(C)C)c1CC(=O)NS(=O)(=O)c1ccc(CN(C)C)cc1. The molecular formula is C23H31ClN2O3S. The molecule has 0 fully saturated rings. The van der Waals surface area contributed by atoms with E-state index in [-0.39, 0.29) is 23.2 Å². The molecule has 164 valence electrons. The summed E-state index contributed by atoms with van der Waals surface area (Å²) in [6, 6.07) is 10.3. The van der Waals surface area contributed by atoms with Crippen LogP contribution in [0.15, 0.2) is 41.3 Å². The molecule has 0 aromatic heterocycles. The lowest BCUT2D eigenvalue weighted by Crippen LogP contribution is -2.32. The highest BCUT2D eigenvalue weighted by molar-refractivity contribution is 7.90. The van der Waals surface area contributed by atoms with Crippen molar-refractivity contribution in [2.24, 2.45) is 0 Å². The van der Waals surface area contributed by atoms with E-state index in [0.717, 1.165) is 22.3 Å². The smallest absolute Gasteiger partial charge is 0.264 e. The Hall–Kier alpha value is -1.89. The number of amides is 1. The molecule has 0 heterocycles. The Bertz CT molecular complexity index is 969. The molecule has 0 saturated carbocycles. The average Bonchev–Trinajstić information content (AvgIpc) is 2.61. The van der Waals surface area contributed by atoms with Gasteiger partial charge in [0.1, 0.15) is 0 Å². The van der Waals surface area contributed by atoms with Crippen molar-refractivity contribution in [3.8, 4) is 0 Å². The van der Waals surface area contributed by atoms with Crippen LogP contribution in [-0.4, -0.2) is 33.3 Å². The topological polar surface area (TPSA) is 66.5 Å². The summed E-state index contributed by atoms with van der Waals surface area (Å²) in [7, 11) is -0.0526. The summed E-state index contributed by atoms with van der Waals surface area (Å²) in [5.74, 6) is -0.242. The van der Waals surface area contributed by atoms with Gasteiger partial charge >= 0.3 is 0 Å². The maximum absolute atomic E-state index is 12.7. The molecule has 5 nitrogen and oxygen atoms in total. The lowest BCUT2D eigenvalue weighted by atomic mass is 9.87. The normalized spacial score (nSPS) is 12.1. The molecule has 0 aliphatic carbocycles. The molecule has 1 N–H and O–H groups in total. The van der Waals surface area contributed by atoms with Crippen molar-refractivity contribution in [2.45, 2.75) is 57.4 Å². The van der Waals surface area contributed by atoms with Gasteiger partial charge in [-0.25, -0.2) is 13.1 Å². The molecule has 0 aliphatic rings. The lowest BCUT2D eigenvalue weighted by Gasteiger charge is -2.20. The van der Waals surface area contributed by atoms with Crippen LogP contribution < -0.4 is 4.72 Å². The van der Waals surface area contributed by atoms with Gasteiger partial charge in [0.2, 0.25) is 5.91 Å². The van der Waals surface area contributed by atoms with Crippen LogP contribution in [0.5, 0.6) is 0 Å². The standard InChI is InChI=1S/C23H31ClN2O3S/c1-15(2)20-11-18(24)12-21(16(3)4)22(20)13-23(27)25-30(28,29)19-9-7-17(8-10-19)14-26(5)6/h7-12,15-16H,13-14H2,1-6H3,(H,25,27). The second-order valence-corrected chi connectivity index (χ2v) is 10.6. The number of nitrogens with one attached hydrogen (secondary N) is 1. The zero-order valence-electron chi connectivity index (χ0n) is 18.5. The van der Waals surface area contributed by atoms with E-state index in [1.165, 1.54) is 12.1 Å². The molecule has 2 aromatic rings. The minimum absolute atomic E-state index is 0.0177. The summed E-state index contributed by atoms with van der Waals surface area (Å²) >= 11 is 6.28. The lowest BCUT2D eigenvalue weighted by molar-refractivity contribution is -0.118. The maximum atomic E-state index is 12.7. The Labute approximate surface area is 185 Å². The number of sulfonamides is 1. The van der Waals surface area contributed by atoms with Gasteiger partial charge in [0.05, 0.1) is 11.3 Å². The second-order valence-electron chi connectivity index (χ2n) is 8.46. The number of nitrogens with zero attached hydrogens (tertiary/aromatic N) is 1. The van der Waals surface area contributed by atoms with Gasteiger partial charge in [-0.2, -0.15) is 0 Å². The van der Waals surface area contributed by atoms with E-state index in [1.807, 2.05) is 58.8 Å². The molecule has 7 heteroatoms. The van der Waals surface area contributed by atoms with E-state index < -0.39 is 15.9 Å². The van der Waals surface area contributed by atoms with E-state index in [2.05, 4.69) is 4.72 Å². The van der Waals surface area contributed by atoms with Crippen LogP contribution in [0.2, 0.25) is 5.02 Å². The third kappa shape index (κ3) is 6.30. The molecule has 0 radical (unpaired) electrons. The minimum Gasteiger partial charge on any atom is -0.305 e. The van der Waals surface area contributed by atoms with Crippen LogP contribution in [0, 0.1) is 0 Å². The molecule has 0 atom stereocenters. The van der Waals surface area contributed by atoms with Crippen LogP contribution in [0.3, 0.4) is 0 Å². The molecule has 2 rings (SSSR count). The third-order valence-electron chi connectivity index (χ3n) is 4.85. The van der Waals surface area contributed by atoms with Gasteiger partial charge < -0.3 is 4.90 Å².